The van der Waals surface area contributed by atoms with Gasteiger partial charge in [-0.25, -0.2) is 14.7 Å². The van der Waals surface area contributed by atoms with E-state index in [4.69, 9.17) is 9.73 Å². The number of hydrogen-bond acceptors (Lipinski definition) is 8. The maximum absolute atomic E-state index is 12.5. The van der Waals surface area contributed by atoms with Gasteiger partial charge in [-0.2, -0.15) is 0 Å². The van der Waals surface area contributed by atoms with E-state index >= 15 is 0 Å². The van der Waals surface area contributed by atoms with Crippen molar-refractivity contribution in [3.63, 3.8) is 0 Å². The third-order valence-corrected chi connectivity index (χ3v) is 8.66. The van der Waals surface area contributed by atoms with Crippen molar-refractivity contribution < 1.29 is 27.8 Å². The van der Waals surface area contributed by atoms with Gasteiger partial charge in [0.25, 0.3) is 0 Å². The minimum absolute atomic E-state index is 0.196. The molecule has 0 spiro atoms. The molecule has 0 saturated carbocycles. The zero-order chi connectivity index (χ0) is 33.0. The molecular formula is C33H37F3N6O3S. The number of aromatic nitrogens is 3. The number of nitrogens with one attached hydrogen (secondary N) is 1. The SMILES string of the molecule is COc1ccc(C(C)C)c(N2C(=NC(O)NC(C)c3ccc(-c4ncn(-c5ccc(OC(F)(F)F)cc5)n4)cc3)SCCC2C)c1. The number of aliphatic hydroxyl groups excluding tert-OH is 1. The Hall–Kier alpha value is -4.07. The van der Waals surface area contributed by atoms with Crippen molar-refractivity contribution in [1.29, 1.82) is 0 Å². The van der Waals surface area contributed by atoms with Crippen LogP contribution in [-0.2, 0) is 0 Å². The summed E-state index contributed by atoms with van der Waals surface area (Å²) in [7, 11) is 1.66. The third-order valence-electron chi connectivity index (χ3n) is 7.66. The molecule has 244 valence electrons. The van der Waals surface area contributed by atoms with Gasteiger partial charge in [0, 0.05) is 29.5 Å². The molecule has 1 aliphatic heterocycles. The van der Waals surface area contributed by atoms with Gasteiger partial charge in [-0.1, -0.05) is 55.9 Å². The van der Waals surface area contributed by atoms with Crippen molar-refractivity contribution >= 4 is 22.6 Å². The van der Waals surface area contributed by atoms with Gasteiger partial charge in [-0.3, -0.25) is 5.32 Å². The molecule has 1 fully saturated rings. The van der Waals surface area contributed by atoms with Gasteiger partial charge in [0.15, 0.2) is 11.0 Å². The fourth-order valence-electron chi connectivity index (χ4n) is 5.20. The maximum Gasteiger partial charge on any atom is 0.573 e. The van der Waals surface area contributed by atoms with Gasteiger partial charge in [0.1, 0.15) is 17.8 Å². The lowest BCUT2D eigenvalue weighted by Gasteiger charge is -2.38. The Labute approximate surface area is 270 Å². The van der Waals surface area contributed by atoms with Gasteiger partial charge in [0.05, 0.1) is 18.5 Å². The molecule has 3 atom stereocenters. The molecule has 0 amide bonds. The monoisotopic (exact) mass is 654 g/mol. The highest BCUT2D eigenvalue weighted by atomic mass is 32.2. The molecule has 0 aliphatic carbocycles. The van der Waals surface area contributed by atoms with E-state index in [2.05, 4.69) is 51.9 Å². The van der Waals surface area contributed by atoms with Crippen LogP contribution in [0.25, 0.3) is 17.1 Å². The number of thioether (sulfide) groups is 1. The Kier molecular flexibility index (Phi) is 10.2. The van der Waals surface area contributed by atoms with Crippen LogP contribution in [-0.4, -0.2) is 56.7 Å². The highest BCUT2D eigenvalue weighted by Crippen LogP contribution is 2.37. The average molecular weight is 655 g/mol. The van der Waals surface area contributed by atoms with E-state index in [1.54, 1.807) is 18.9 Å². The number of rotatable bonds is 10. The topological polar surface area (TPSA) is 97.0 Å². The van der Waals surface area contributed by atoms with Crippen molar-refractivity contribution in [2.45, 2.75) is 64.8 Å². The first-order valence-electron chi connectivity index (χ1n) is 14.9. The molecule has 1 saturated heterocycles. The van der Waals surface area contributed by atoms with Crippen molar-refractivity contribution in [2.24, 2.45) is 4.99 Å². The average Bonchev–Trinajstić information content (AvgIpc) is 3.51. The van der Waals surface area contributed by atoms with Crippen LogP contribution in [0.2, 0.25) is 0 Å². The van der Waals surface area contributed by atoms with Crippen LogP contribution in [0.4, 0.5) is 18.9 Å². The first kappa shape index (κ1) is 33.3. The molecule has 13 heteroatoms. The first-order chi connectivity index (χ1) is 21.9. The smallest absolute Gasteiger partial charge is 0.497 e. The number of nitrogens with zero attached hydrogens (tertiary/aromatic N) is 5. The Morgan fingerprint density at radius 1 is 1.02 bits per heavy atom. The van der Waals surface area contributed by atoms with E-state index in [1.807, 2.05) is 43.3 Å². The van der Waals surface area contributed by atoms with Crippen LogP contribution in [0.3, 0.4) is 0 Å². The number of alkyl halides is 3. The van der Waals surface area contributed by atoms with Gasteiger partial charge < -0.3 is 19.5 Å². The molecule has 1 aromatic heterocycles. The quantitative estimate of drug-likeness (QED) is 0.172. The number of anilines is 1. The van der Waals surface area contributed by atoms with Gasteiger partial charge in [-0.05, 0) is 67.6 Å². The summed E-state index contributed by atoms with van der Waals surface area (Å²) in [5, 5.41) is 19.4. The number of methoxy groups -OCH3 is 1. The molecule has 1 aliphatic rings. The molecule has 3 unspecified atom stereocenters. The van der Waals surface area contributed by atoms with Crippen molar-refractivity contribution in [2.75, 3.05) is 17.8 Å². The van der Waals surface area contributed by atoms with Crippen LogP contribution in [0.15, 0.2) is 78.0 Å². The zero-order valence-corrected chi connectivity index (χ0v) is 27.0. The number of amidine groups is 1. The molecule has 3 aromatic carbocycles. The molecule has 2 heterocycles. The van der Waals surface area contributed by atoms with E-state index in [0.29, 0.717) is 17.4 Å². The lowest BCUT2D eigenvalue weighted by Crippen LogP contribution is -2.43. The molecule has 5 rings (SSSR count). The second-order valence-corrected chi connectivity index (χ2v) is 12.3. The normalized spacial score (nSPS) is 17.7. The van der Waals surface area contributed by atoms with Gasteiger partial charge >= 0.3 is 6.36 Å². The van der Waals surface area contributed by atoms with Crippen molar-refractivity contribution in [3.05, 3.63) is 84.2 Å². The summed E-state index contributed by atoms with van der Waals surface area (Å²) in [4.78, 5) is 11.3. The summed E-state index contributed by atoms with van der Waals surface area (Å²) in [5.74, 6) is 2.12. The summed E-state index contributed by atoms with van der Waals surface area (Å²) in [5.41, 5.74) is 4.45. The van der Waals surface area contributed by atoms with Gasteiger partial charge in [0.2, 0.25) is 6.35 Å². The number of hydrogen-bond donors (Lipinski definition) is 2. The molecule has 2 N–H and O–H groups in total. The van der Waals surface area contributed by atoms with Crippen LogP contribution in [0, 0.1) is 0 Å². The summed E-state index contributed by atoms with van der Waals surface area (Å²) in [6.07, 6.45) is -3.41. The lowest BCUT2D eigenvalue weighted by atomic mass is 9.99. The predicted molar refractivity (Wildman–Crippen MR) is 175 cm³/mol. The van der Waals surface area contributed by atoms with Crippen LogP contribution in [0.1, 0.15) is 57.2 Å². The molecule has 0 bridgehead atoms. The Morgan fingerprint density at radius 2 is 1.72 bits per heavy atom. The number of halogens is 3. The largest absolute Gasteiger partial charge is 0.573 e. The second-order valence-electron chi connectivity index (χ2n) is 11.3. The molecular weight excluding hydrogens is 617 g/mol. The van der Waals surface area contributed by atoms with E-state index in [9.17, 15) is 18.3 Å². The highest BCUT2D eigenvalue weighted by molar-refractivity contribution is 8.14. The fourth-order valence-corrected chi connectivity index (χ4v) is 6.43. The van der Waals surface area contributed by atoms with E-state index in [0.717, 1.165) is 39.9 Å². The van der Waals surface area contributed by atoms with Crippen molar-refractivity contribution in [3.8, 4) is 28.6 Å². The van der Waals surface area contributed by atoms with Crippen LogP contribution in [0.5, 0.6) is 11.5 Å². The van der Waals surface area contributed by atoms with Crippen LogP contribution >= 0.6 is 11.8 Å². The maximum atomic E-state index is 12.5. The summed E-state index contributed by atoms with van der Waals surface area (Å²) in [6.45, 7) is 8.44. The van der Waals surface area contributed by atoms with Gasteiger partial charge in [-0.15, -0.1) is 18.3 Å². The second kappa shape index (κ2) is 14.1. The molecule has 0 radical (unpaired) electrons. The fraction of sp³-hybridized carbons (Fsp3) is 0.364. The third kappa shape index (κ3) is 8.01. The van der Waals surface area contributed by atoms with E-state index in [-0.39, 0.29) is 17.8 Å². The highest BCUT2D eigenvalue weighted by Gasteiger charge is 2.31. The Bertz CT molecular complexity index is 1640. The number of benzene rings is 3. The lowest BCUT2D eigenvalue weighted by molar-refractivity contribution is -0.274. The predicted octanol–water partition coefficient (Wildman–Crippen LogP) is 7.28. The molecule has 9 nitrogen and oxygen atoms in total. The molecule has 4 aromatic rings. The summed E-state index contributed by atoms with van der Waals surface area (Å²) in [6, 6.07) is 19.1. The number of ether oxygens (including phenoxy) is 2. The summed E-state index contributed by atoms with van der Waals surface area (Å²) < 4.78 is 48.3. The Balaban J connectivity index is 1.27. The minimum atomic E-state index is -4.75. The standard InChI is InChI=1S/C33H37F3N6O3S/c1-20(2)28-15-14-27(44-5)18-29(28)42-21(3)16-17-46-32(42)39-31(43)38-22(4)23-6-8-24(9-7-23)30-37-19-41(40-30)25-10-12-26(13-11-25)45-33(34,35)36/h6-15,18-22,31,38,43H,16-17H2,1-5H3. The van der Waals surface area contributed by atoms with E-state index in [1.165, 1.54) is 40.8 Å². The van der Waals surface area contributed by atoms with E-state index < -0.39 is 12.7 Å². The minimum Gasteiger partial charge on any atom is -0.497 e. The summed E-state index contributed by atoms with van der Waals surface area (Å²) >= 11 is 1.63. The Morgan fingerprint density at radius 3 is 2.37 bits per heavy atom. The molecule has 46 heavy (non-hydrogen) atoms. The first-order valence-corrected chi connectivity index (χ1v) is 15.9. The number of aliphatic imine (C=N–C) groups is 1. The van der Waals surface area contributed by atoms with Crippen LogP contribution < -0.4 is 19.7 Å². The zero-order valence-electron chi connectivity index (χ0n) is 26.2. The van der Waals surface area contributed by atoms with Crippen molar-refractivity contribution in [1.82, 2.24) is 20.1 Å². The number of aliphatic hydroxyl groups is 1.